The molecule has 0 saturated heterocycles. The van der Waals surface area contributed by atoms with Gasteiger partial charge in [0, 0.05) is 21.1 Å². The highest BCUT2D eigenvalue weighted by atomic mass is 32.3. The zero-order valence-electron chi connectivity index (χ0n) is 28.6. The smallest absolute Gasteiger partial charge is 0.278 e. The Hall–Kier alpha value is -2.61. The van der Waals surface area contributed by atoms with Gasteiger partial charge >= 0.3 is 0 Å². The minimum Gasteiger partial charge on any atom is -0.494 e. The summed E-state index contributed by atoms with van der Waals surface area (Å²) in [4.78, 5) is 15.7. The van der Waals surface area contributed by atoms with Crippen LogP contribution in [0.4, 0.5) is 0 Å². The molecule has 47 heavy (non-hydrogen) atoms. The van der Waals surface area contributed by atoms with E-state index in [-0.39, 0.29) is 22.9 Å². The number of hydrogen-bond donors (Lipinski definition) is 0. The number of fused-ring (bicyclic) bond motifs is 2. The van der Waals surface area contributed by atoms with Gasteiger partial charge in [-0.15, -0.1) is 0 Å². The van der Waals surface area contributed by atoms with Crippen molar-refractivity contribution in [3.8, 4) is 5.75 Å². The van der Waals surface area contributed by atoms with Crippen LogP contribution in [0.2, 0.25) is 0 Å². The number of Topliss-reactive ketones (excluding diaryl/α,β-unsaturated/α-hetero) is 1. The van der Waals surface area contributed by atoms with Gasteiger partial charge in [-0.25, -0.2) is 3.63 Å². The zero-order chi connectivity index (χ0) is 33.4. The number of benzene rings is 3. The third kappa shape index (κ3) is 7.84. The Morgan fingerprint density at radius 3 is 1.70 bits per heavy atom. The summed E-state index contributed by atoms with van der Waals surface area (Å²) in [6.07, 6.45) is 14.7. The van der Waals surface area contributed by atoms with E-state index in [0.29, 0.717) is 19.4 Å². The first kappa shape index (κ1) is 35.7. The third-order valence-corrected chi connectivity index (χ3v) is 16.1. The summed E-state index contributed by atoms with van der Waals surface area (Å²) in [7, 11) is -6.90. The number of rotatable bonds is 19. The molecule has 5 nitrogen and oxygen atoms in total. The molecule has 7 heteroatoms. The summed E-state index contributed by atoms with van der Waals surface area (Å²) in [6.45, 7) is 7.04. The van der Waals surface area contributed by atoms with Crippen LogP contribution >= 0.6 is 10.3 Å². The Morgan fingerprint density at radius 2 is 1.21 bits per heavy atom. The Bertz CT molecular complexity index is 1500. The van der Waals surface area contributed by atoms with Gasteiger partial charge in [0.05, 0.1) is 17.8 Å². The molecule has 2 aliphatic carbocycles. The predicted octanol–water partition coefficient (Wildman–Crippen LogP) is 10.9. The van der Waals surface area contributed by atoms with Crippen LogP contribution in [0.5, 0.6) is 5.75 Å². The summed E-state index contributed by atoms with van der Waals surface area (Å²) in [6, 6.07) is 27.1. The SMILES string of the molecule is CCCCCCCCCCCCOc1ccc(S(OS(=O)(=O)CC23CCC(CC2=O)C3(C)C)(c2ccccc2)c2ccccc2)cc1. The minimum atomic E-state index is -4.17. The Balaban J connectivity index is 1.34. The summed E-state index contributed by atoms with van der Waals surface area (Å²) in [5.41, 5.74) is -1.30. The monoisotopic (exact) mass is 678 g/mol. The van der Waals surface area contributed by atoms with Gasteiger partial charge < -0.3 is 4.74 Å². The van der Waals surface area contributed by atoms with E-state index in [4.69, 9.17) is 8.37 Å². The van der Waals surface area contributed by atoms with E-state index < -0.39 is 25.8 Å². The fourth-order valence-corrected chi connectivity index (χ4v) is 13.9. The van der Waals surface area contributed by atoms with E-state index in [1.54, 1.807) is 0 Å². The molecule has 0 radical (unpaired) electrons. The van der Waals surface area contributed by atoms with E-state index >= 15 is 0 Å². The van der Waals surface area contributed by atoms with Crippen molar-refractivity contribution >= 4 is 26.2 Å². The molecular formula is C40H54O5S2. The maximum Gasteiger partial charge on any atom is 0.278 e. The Labute approximate surface area is 285 Å². The van der Waals surface area contributed by atoms with E-state index in [2.05, 4.69) is 20.8 Å². The standard InChI is InChI=1S/C40H54O5S2/c1-4-5-6-7-8-9-10-11-12-19-30-44-34-24-26-37(27-25-34)47(35-20-15-13-16-21-35,36-22-17-14-18-23-36)45-46(42,43)32-40-29-28-33(31-38(40)41)39(40,2)3/h13-18,20-27,33H,4-12,19,28-32H2,1-3H3. The van der Waals surface area contributed by atoms with Gasteiger partial charge in [-0.05, 0) is 89.4 Å². The Kier molecular flexibility index (Phi) is 11.9. The molecule has 256 valence electrons. The number of carbonyl (C=O) groups is 1. The quantitative estimate of drug-likeness (QED) is 0.118. The van der Waals surface area contributed by atoms with Gasteiger partial charge in [0.2, 0.25) is 0 Å². The summed E-state index contributed by atoms with van der Waals surface area (Å²) >= 11 is 0. The van der Waals surface area contributed by atoms with Crippen LogP contribution in [0.3, 0.4) is 0 Å². The average molecular weight is 679 g/mol. The van der Waals surface area contributed by atoms with Gasteiger partial charge in [-0.1, -0.05) is 115 Å². The number of carbonyl (C=O) groups excluding carboxylic acids is 1. The van der Waals surface area contributed by atoms with Crippen LogP contribution in [0.25, 0.3) is 0 Å². The second-order valence-corrected chi connectivity index (χ2v) is 18.6. The number of ketones is 1. The van der Waals surface area contributed by atoms with E-state index in [0.717, 1.165) is 39.7 Å². The first-order valence-corrected chi connectivity index (χ1v) is 20.9. The normalized spacial score (nSPS) is 20.8. The third-order valence-electron chi connectivity index (χ3n) is 10.8. The molecule has 0 heterocycles. The highest BCUT2D eigenvalue weighted by molar-refractivity contribution is 8.33. The Morgan fingerprint density at radius 1 is 0.702 bits per heavy atom. The molecule has 2 fully saturated rings. The first-order valence-electron chi connectivity index (χ1n) is 17.8. The number of ether oxygens (including phenoxy) is 1. The molecule has 3 aromatic carbocycles. The number of unbranched alkanes of at least 4 members (excludes halogenated alkanes) is 9. The molecule has 2 saturated carbocycles. The van der Waals surface area contributed by atoms with E-state index in [1.807, 2.05) is 84.9 Å². The second kappa shape index (κ2) is 15.7. The van der Waals surface area contributed by atoms with Crippen molar-refractivity contribution in [2.24, 2.45) is 16.7 Å². The van der Waals surface area contributed by atoms with Crippen LogP contribution in [-0.4, -0.2) is 26.6 Å². The molecule has 0 N–H and O–H groups in total. The molecule has 0 amide bonds. The van der Waals surface area contributed by atoms with Crippen molar-refractivity contribution in [3.05, 3.63) is 84.9 Å². The summed E-state index contributed by atoms with van der Waals surface area (Å²) in [5, 5.41) is 0. The highest BCUT2D eigenvalue weighted by Crippen LogP contribution is 2.71. The van der Waals surface area contributed by atoms with Crippen molar-refractivity contribution in [2.45, 2.75) is 119 Å². The lowest BCUT2D eigenvalue weighted by atomic mass is 9.70. The molecule has 5 rings (SSSR count). The maximum absolute atomic E-state index is 14.4. The van der Waals surface area contributed by atoms with Crippen LogP contribution in [0.1, 0.15) is 104 Å². The molecule has 0 aromatic heterocycles. The summed E-state index contributed by atoms with van der Waals surface area (Å²) < 4.78 is 41.4. The first-order chi connectivity index (χ1) is 22.6. The average Bonchev–Trinajstić information content (AvgIpc) is 3.41. The van der Waals surface area contributed by atoms with Crippen molar-refractivity contribution in [2.75, 3.05) is 12.4 Å². The van der Waals surface area contributed by atoms with Crippen LogP contribution in [-0.2, 0) is 18.5 Å². The van der Waals surface area contributed by atoms with Gasteiger partial charge in [0.1, 0.15) is 11.5 Å². The molecule has 2 bridgehead atoms. The fraction of sp³-hybridized carbons (Fsp3) is 0.525. The molecule has 2 aliphatic rings. The lowest BCUT2D eigenvalue weighted by molar-refractivity contribution is -0.128. The topological polar surface area (TPSA) is 69.7 Å². The van der Waals surface area contributed by atoms with Crippen LogP contribution < -0.4 is 4.74 Å². The highest BCUT2D eigenvalue weighted by Gasteiger charge is 2.65. The molecule has 2 atom stereocenters. The van der Waals surface area contributed by atoms with Crippen molar-refractivity contribution < 1.29 is 21.6 Å². The fourth-order valence-electron chi connectivity index (χ4n) is 7.85. The molecule has 0 aliphatic heterocycles. The molecule has 2 unspecified atom stereocenters. The van der Waals surface area contributed by atoms with Gasteiger partial charge in [-0.3, -0.25) is 4.79 Å². The predicted molar refractivity (Wildman–Crippen MR) is 192 cm³/mol. The van der Waals surface area contributed by atoms with Crippen LogP contribution in [0.15, 0.2) is 99.6 Å². The van der Waals surface area contributed by atoms with Crippen molar-refractivity contribution in [3.63, 3.8) is 0 Å². The van der Waals surface area contributed by atoms with E-state index in [9.17, 15) is 13.2 Å². The van der Waals surface area contributed by atoms with Crippen molar-refractivity contribution in [1.82, 2.24) is 0 Å². The molecule has 3 aromatic rings. The van der Waals surface area contributed by atoms with Gasteiger partial charge in [0.15, 0.2) is 0 Å². The summed E-state index contributed by atoms with van der Waals surface area (Å²) in [5.74, 6) is 0.751. The van der Waals surface area contributed by atoms with Gasteiger partial charge in [-0.2, -0.15) is 8.42 Å². The largest absolute Gasteiger partial charge is 0.494 e. The minimum absolute atomic E-state index is 0.0647. The molecular weight excluding hydrogens is 625 g/mol. The van der Waals surface area contributed by atoms with Crippen LogP contribution in [0, 0.1) is 16.7 Å². The molecule has 0 spiro atoms. The zero-order valence-corrected chi connectivity index (χ0v) is 30.3. The maximum atomic E-state index is 14.4. The van der Waals surface area contributed by atoms with Crippen molar-refractivity contribution in [1.29, 1.82) is 0 Å². The van der Waals surface area contributed by atoms with Gasteiger partial charge in [0.25, 0.3) is 10.1 Å². The lowest BCUT2D eigenvalue weighted by Gasteiger charge is -2.41. The number of hydrogen-bond acceptors (Lipinski definition) is 5. The lowest BCUT2D eigenvalue weighted by Crippen LogP contribution is -2.42. The second-order valence-electron chi connectivity index (χ2n) is 14.1. The van der Waals surface area contributed by atoms with E-state index in [1.165, 1.54) is 51.4 Å².